The van der Waals surface area contributed by atoms with Crippen molar-refractivity contribution in [3.8, 4) is 33.5 Å². The average Bonchev–Trinajstić information content (AvgIpc) is 2.90. The number of piperazine rings is 2. The highest BCUT2D eigenvalue weighted by molar-refractivity contribution is 7.13. The monoisotopic (exact) mass is 1150 g/mol. The number of hydrogen-bond donors (Lipinski definition) is 3. The number of anilines is 2. The molecule has 440 valence electrons. The van der Waals surface area contributed by atoms with Gasteiger partial charge in [0.25, 0.3) is 0 Å². The maximum atomic E-state index is 17.1. The number of aromatic nitrogens is 5. The molecule has 5 saturated heterocycles. The molecule has 9 heterocycles. The van der Waals surface area contributed by atoms with Gasteiger partial charge in [0.2, 0.25) is 12.3 Å². The number of amides is 2. The first-order valence-electron chi connectivity index (χ1n) is 30.1. The summed E-state index contributed by atoms with van der Waals surface area (Å²) in [6.45, 7) is 24.9. The number of carbonyl (C=O) groups excluding carboxylic acids is 2. The molecule has 0 radical (unpaired) electrons. The van der Waals surface area contributed by atoms with Gasteiger partial charge >= 0.3 is 6.01 Å². The van der Waals surface area contributed by atoms with Gasteiger partial charge in [-0.05, 0) is 130 Å². The molecule has 3 aromatic carbocycles. The van der Waals surface area contributed by atoms with E-state index in [1.807, 2.05) is 60.7 Å². The number of benzene rings is 3. The molecule has 5 aliphatic rings. The van der Waals surface area contributed by atoms with Crippen molar-refractivity contribution in [1.82, 2.24) is 50.4 Å². The maximum Gasteiger partial charge on any atom is 0.319 e. The highest BCUT2D eigenvalue weighted by atomic mass is 32.1. The first kappa shape index (κ1) is 58.0. The summed E-state index contributed by atoms with van der Waals surface area (Å²) in [5.41, 5.74) is 7.32. The second-order valence-corrected chi connectivity index (χ2v) is 25.3. The topological polar surface area (TPSA) is 181 Å². The Morgan fingerprint density at radius 1 is 0.952 bits per heavy atom. The number of ether oxygens (including phenoxy) is 1. The molecule has 12 rings (SSSR count). The largest absolute Gasteiger partial charge is 0.508 e. The number of aromatic hydroxyl groups is 1. The third-order valence-corrected chi connectivity index (χ3v) is 19.2. The van der Waals surface area contributed by atoms with Crippen molar-refractivity contribution in [2.75, 3.05) is 88.4 Å². The molecule has 0 aliphatic carbocycles. The first-order chi connectivity index (χ1) is 40.1. The van der Waals surface area contributed by atoms with Crippen molar-refractivity contribution in [2.45, 2.75) is 123 Å². The van der Waals surface area contributed by atoms with Gasteiger partial charge in [0.15, 0.2) is 17.4 Å². The van der Waals surface area contributed by atoms with E-state index in [1.54, 1.807) is 29.7 Å². The summed E-state index contributed by atoms with van der Waals surface area (Å²) in [6.07, 6.45) is 9.68. The molecule has 5 unspecified atom stereocenters. The summed E-state index contributed by atoms with van der Waals surface area (Å²) in [4.78, 5) is 55.4. The lowest BCUT2D eigenvalue weighted by atomic mass is 9.79. The SMILES string of the molecule is CCc1cccc2cc(O)cc(-c3ncc4c(N5CC6CCC(C5)N6)nc(OCCN5CCC(C)(CN6CCN(c7cc(C(C(=O)N8CCCC8C)C(C)C)on7)CC6)CC5)nc4c3F)c12.Cc1ncsc1-c1ccc(C(C)NC=O)cc1. The number of piperidine rings is 1. The number of thiazole rings is 1. The summed E-state index contributed by atoms with van der Waals surface area (Å²) in [7, 11) is 0. The molecule has 19 heteroatoms. The Hall–Kier alpha value is -6.80. The van der Waals surface area contributed by atoms with E-state index in [9.17, 15) is 14.7 Å². The number of rotatable bonds is 17. The number of pyridine rings is 1. The molecule has 5 aliphatic heterocycles. The van der Waals surface area contributed by atoms with E-state index in [4.69, 9.17) is 24.2 Å². The number of phenolic OH excluding ortho intramolecular Hbond substituents is 1. The highest BCUT2D eigenvalue weighted by Crippen LogP contribution is 2.40. The van der Waals surface area contributed by atoms with E-state index < -0.39 is 5.82 Å². The molecule has 4 aromatic heterocycles. The second-order valence-electron chi connectivity index (χ2n) is 24.4. The third-order valence-electron chi connectivity index (χ3n) is 18.2. The quantitative estimate of drug-likeness (QED) is 0.0732. The van der Waals surface area contributed by atoms with Gasteiger partial charge in [-0.2, -0.15) is 9.97 Å². The van der Waals surface area contributed by atoms with Crippen molar-refractivity contribution >= 4 is 57.0 Å². The summed E-state index contributed by atoms with van der Waals surface area (Å²) in [6, 6.07) is 20.7. The average molecular weight is 1150 g/mol. The molecule has 0 saturated carbocycles. The van der Waals surface area contributed by atoms with Crippen LogP contribution in [0.5, 0.6) is 11.8 Å². The number of aryl methyl sites for hydroxylation is 2. The van der Waals surface area contributed by atoms with Crippen LogP contribution in [0.3, 0.4) is 0 Å². The highest BCUT2D eigenvalue weighted by Gasteiger charge is 2.38. The number of nitrogens with one attached hydrogen (secondary N) is 2. The van der Waals surface area contributed by atoms with E-state index in [0.717, 1.165) is 157 Å². The van der Waals surface area contributed by atoms with Crippen LogP contribution in [0.25, 0.3) is 43.4 Å². The van der Waals surface area contributed by atoms with Gasteiger partial charge in [-0.1, -0.05) is 75.3 Å². The summed E-state index contributed by atoms with van der Waals surface area (Å²) in [5, 5.41) is 23.9. The van der Waals surface area contributed by atoms with Crippen molar-refractivity contribution in [1.29, 1.82) is 0 Å². The van der Waals surface area contributed by atoms with Crippen molar-refractivity contribution in [3.63, 3.8) is 0 Å². The summed E-state index contributed by atoms with van der Waals surface area (Å²) >= 11 is 1.64. The lowest BCUT2D eigenvalue weighted by Crippen LogP contribution is -2.51. The van der Waals surface area contributed by atoms with E-state index in [-0.39, 0.29) is 58.2 Å². The minimum atomic E-state index is -0.545. The van der Waals surface area contributed by atoms with E-state index >= 15 is 4.39 Å². The molecule has 83 heavy (non-hydrogen) atoms. The van der Waals surface area contributed by atoms with Gasteiger partial charge < -0.3 is 39.7 Å². The maximum absolute atomic E-state index is 17.1. The Morgan fingerprint density at radius 3 is 2.39 bits per heavy atom. The van der Waals surface area contributed by atoms with Gasteiger partial charge in [0.05, 0.1) is 27.5 Å². The predicted octanol–water partition coefficient (Wildman–Crippen LogP) is 10.2. The fourth-order valence-electron chi connectivity index (χ4n) is 13.3. The van der Waals surface area contributed by atoms with E-state index in [2.05, 4.69) is 87.1 Å². The van der Waals surface area contributed by atoms with E-state index in [0.29, 0.717) is 41.2 Å². The minimum absolute atomic E-state index is 0.0455. The summed E-state index contributed by atoms with van der Waals surface area (Å²) < 4.78 is 29.3. The zero-order valence-electron chi connectivity index (χ0n) is 49.2. The van der Waals surface area contributed by atoms with Gasteiger partial charge in [-0.15, -0.1) is 11.3 Å². The van der Waals surface area contributed by atoms with Gasteiger partial charge in [-0.3, -0.25) is 24.4 Å². The zero-order chi connectivity index (χ0) is 57.9. The molecule has 5 atom stereocenters. The van der Waals surface area contributed by atoms with Crippen LogP contribution in [0.1, 0.15) is 115 Å². The van der Waals surface area contributed by atoms with Crippen LogP contribution in [0.2, 0.25) is 0 Å². The Bertz CT molecular complexity index is 3380. The van der Waals surface area contributed by atoms with Crippen LogP contribution in [-0.4, -0.2) is 154 Å². The molecule has 2 bridgehead atoms. The number of fused-ring (bicyclic) bond motifs is 4. The Balaban J connectivity index is 0.000000363. The molecular weight excluding hydrogens is 1070 g/mol. The zero-order valence-corrected chi connectivity index (χ0v) is 50.1. The number of likely N-dealkylation sites (tertiary alicyclic amines) is 2. The lowest BCUT2D eigenvalue weighted by molar-refractivity contribution is -0.135. The van der Waals surface area contributed by atoms with Crippen LogP contribution in [0.4, 0.5) is 16.0 Å². The van der Waals surface area contributed by atoms with Crippen molar-refractivity contribution in [2.24, 2.45) is 11.3 Å². The molecule has 3 N–H and O–H groups in total. The predicted molar refractivity (Wildman–Crippen MR) is 326 cm³/mol. The van der Waals surface area contributed by atoms with Gasteiger partial charge in [0, 0.05) is 94.9 Å². The van der Waals surface area contributed by atoms with Crippen LogP contribution in [0, 0.1) is 24.1 Å². The first-order valence-corrected chi connectivity index (χ1v) is 31.0. The number of hydrogen-bond acceptors (Lipinski definition) is 16. The number of halogens is 1. The number of carbonyl (C=O) groups is 2. The molecular formula is C64H81FN12O5S. The Morgan fingerprint density at radius 2 is 1.71 bits per heavy atom. The van der Waals surface area contributed by atoms with Crippen LogP contribution < -0.4 is 25.2 Å². The molecule has 2 amide bonds. The van der Waals surface area contributed by atoms with Crippen molar-refractivity contribution in [3.05, 3.63) is 101 Å². The number of nitrogens with zero attached hydrogens (tertiary/aromatic N) is 10. The fraction of sp³-hybridized carbons (Fsp3) is 0.516. The third kappa shape index (κ3) is 12.7. The molecule has 5 fully saturated rings. The molecule has 7 aromatic rings. The minimum Gasteiger partial charge on any atom is -0.508 e. The van der Waals surface area contributed by atoms with Crippen LogP contribution in [0.15, 0.2) is 76.9 Å². The van der Waals surface area contributed by atoms with Crippen molar-refractivity contribution < 1.29 is 28.3 Å². The van der Waals surface area contributed by atoms with E-state index in [1.165, 1.54) is 10.4 Å². The Kier molecular flexibility index (Phi) is 17.6. The van der Waals surface area contributed by atoms with Crippen LogP contribution >= 0.6 is 11.3 Å². The molecule has 0 spiro atoms. The Labute approximate surface area is 491 Å². The lowest BCUT2D eigenvalue weighted by Gasteiger charge is -2.44. The standard InChI is InChI=1S/C51H67FN10O4.C13H14N2OS/c1-6-34-10-7-11-35-25-38(63)26-39(44(34)35)46-45(52)47-40(28-53-46)48(61-29-36-12-13-37(30-61)54-36)56-50(55-47)65-24-23-58-17-14-51(5,15-18-58)31-59-19-21-60(22-20-59)42-27-41(66-57-42)43(32(2)3)49(64)62-16-8-9-33(62)4;1-9(14-7-16)11-3-5-12(6-4-11)13-10(2)15-8-17-13/h7,10-11,25-28,32-33,36-37,43,54,63H,6,8-9,12-24,29-31H2,1-5H3;3-9H,1-2H3,(H,14,16). The summed E-state index contributed by atoms with van der Waals surface area (Å²) in [5.74, 6) is 1.65. The van der Waals surface area contributed by atoms with Crippen LogP contribution in [-0.2, 0) is 16.0 Å². The smallest absolute Gasteiger partial charge is 0.319 e. The second kappa shape index (κ2) is 25.2. The van der Waals surface area contributed by atoms with Gasteiger partial charge in [-0.25, -0.2) is 9.37 Å². The molecule has 17 nitrogen and oxygen atoms in total. The van der Waals surface area contributed by atoms with Gasteiger partial charge in [0.1, 0.15) is 35.3 Å². The fourth-order valence-corrected chi connectivity index (χ4v) is 14.1. The normalized spacial score (nSPS) is 20.9. The number of phenols is 1.